The van der Waals surface area contributed by atoms with Gasteiger partial charge in [-0.15, -0.1) is 0 Å². The largest absolute Gasteiger partial charge is 0.456 e. The van der Waals surface area contributed by atoms with Crippen molar-refractivity contribution in [2.24, 2.45) is 0 Å². The van der Waals surface area contributed by atoms with Crippen LogP contribution in [-0.2, 0) is 0 Å². The van der Waals surface area contributed by atoms with E-state index in [1.165, 1.54) is 27.8 Å². The molecule has 198 valence electrons. The minimum atomic E-state index is 0.891. The molecule has 2 heteroatoms. The van der Waals surface area contributed by atoms with Gasteiger partial charge in [-0.05, 0) is 70.3 Å². The van der Waals surface area contributed by atoms with Gasteiger partial charge in [-0.2, -0.15) is 0 Å². The Morgan fingerprint density at radius 3 is 1.50 bits per heavy atom. The number of para-hydroxylation sites is 1. The van der Waals surface area contributed by atoms with Crippen molar-refractivity contribution in [2.75, 3.05) is 4.90 Å². The molecular formula is C40H27NO. The Bertz CT molecular complexity index is 1950. The van der Waals surface area contributed by atoms with Crippen LogP contribution in [0.3, 0.4) is 0 Å². The molecule has 0 aromatic heterocycles. The molecule has 0 spiro atoms. The van der Waals surface area contributed by atoms with Crippen LogP contribution in [0.25, 0.3) is 44.2 Å². The van der Waals surface area contributed by atoms with Crippen molar-refractivity contribution in [3.63, 3.8) is 0 Å². The molecule has 0 radical (unpaired) electrons. The molecule has 0 atom stereocenters. The summed E-state index contributed by atoms with van der Waals surface area (Å²) in [7, 11) is 0. The van der Waals surface area contributed by atoms with Crippen molar-refractivity contribution in [1.82, 2.24) is 0 Å². The second-order valence-electron chi connectivity index (χ2n) is 10.6. The molecule has 0 fully saturated rings. The normalized spacial score (nSPS) is 11.5. The molecule has 7 aromatic carbocycles. The van der Waals surface area contributed by atoms with E-state index in [1.807, 2.05) is 12.1 Å². The highest BCUT2D eigenvalue weighted by Crippen LogP contribution is 2.50. The van der Waals surface area contributed by atoms with Gasteiger partial charge in [0.15, 0.2) is 0 Å². The van der Waals surface area contributed by atoms with Crippen molar-refractivity contribution in [3.8, 4) is 44.9 Å². The van der Waals surface area contributed by atoms with Crippen LogP contribution in [0.5, 0.6) is 11.5 Å². The molecule has 0 unspecified atom stereocenters. The molecule has 42 heavy (non-hydrogen) atoms. The fraction of sp³-hybridized carbons (Fsp3) is 0. The molecule has 1 aliphatic heterocycles. The second kappa shape index (κ2) is 10.1. The maximum absolute atomic E-state index is 6.41. The van der Waals surface area contributed by atoms with Crippen molar-refractivity contribution >= 4 is 27.8 Å². The van der Waals surface area contributed by atoms with Crippen LogP contribution in [-0.4, -0.2) is 0 Å². The van der Waals surface area contributed by atoms with Gasteiger partial charge in [0.2, 0.25) is 0 Å². The fourth-order valence-electron chi connectivity index (χ4n) is 6.05. The third kappa shape index (κ3) is 4.13. The van der Waals surface area contributed by atoms with E-state index in [2.05, 4.69) is 157 Å². The van der Waals surface area contributed by atoms with Gasteiger partial charge in [0.25, 0.3) is 0 Å². The summed E-state index contributed by atoms with van der Waals surface area (Å²) in [5, 5.41) is 2.29. The van der Waals surface area contributed by atoms with Crippen molar-refractivity contribution in [2.45, 2.75) is 0 Å². The lowest BCUT2D eigenvalue weighted by Gasteiger charge is -2.29. The molecule has 0 saturated carbocycles. The van der Waals surface area contributed by atoms with E-state index in [0.29, 0.717) is 0 Å². The molecule has 0 aliphatic carbocycles. The fourth-order valence-corrected chi connectivity index (χ4v) is 6.05. The van der Waals surface area contributed by atoms with E-state index in [1.54, 1.807) is 0 Å². The summed E-state index contributed by atoms with van der Waals surface area (Å²) in [6.07, 6.45) is 0. The highest BCUT2D eigenvalue weighted by Gasteiger charge is 2.23. The first-order valence-electron chi connectivity index (χ1n) is 14.3. The predicted octanol–water partition coefficient (Wildman–Crippen LogP) is 11.4. The summed E-state index contributed by atoms with van der Waals surface area (Å²) >= 11 is 0. The summed E-state index contributed by atoms with van der Waals surface area (Å²) in [4.78, 5) is 2.35. The van der Waals surface area contributed by atoms with Crippen molar-refractivity contribution < 1.29 is 4.74 Å². The lowest BCUT2D eigenvalue weighted by molar-refractivity contribution is 0.487. The highest BCUT2D eigenvalue weighted by molar-refractivity contribution is 6.10. The van der Waals surface area contributed by atoms with Gasteiger partial charge >= 0.3 is 0 Å². The number of rotatable bonds is 5. The van der Waals surface area contributed by atoms with E-state index in [0.717, 1.165) is 44.9 Å². The third-order valence-corrected chi connectivity index (χ3v) is 8.08. The minimum Gasteiger partial charge on any atom is -0.456 e. The first-order chi connectivity index (χ1) is 20.8. The Labute approximate surface area is 245 Å². The van der Waals surface area contributed by atoms with E-state index >= 15 is 0 Å². The topological polar surface area (TPSA) is 12.5 Å². The Hall–Kier alpha value is -5.60. The monoisotopic (exact) mass is 537 g/mol. The Kier molecular flexibility index (Phi) is 5.82. The standard InChI is InChI=1S/C40H27NO/c1-3-10-28(11-4-1)30-18-22-32(23-19-30)41(33-24-20-31(21-25-33)29-12-5-2-6-13-29)37-26-27-39-40-35(15-9-16-36(37)40)34-14-7-8-17-38(34)42-39/h1-27H. The van der Waals surface area contributed by atoms with Gasteiger partial charge in [-0.25, -0.2) is 0 Å². The number of benzene rings is 7. The Balaban J connectivity index is 1.30. The number of nitrogens with zero attached hydrogens (tertiary/aromatic N) is 1. The lowest BCUT2D eigenvalue weighted by atomic mass is 9.93. The SMILES string of the molecule is c1ccc(-c2ccc(N(c3ccc(-c4ccccc4)cc3)c3ccc4c5c(cccc35)-c3ccccc3O4)cc2)cc1. The van der Waals surface area contributed by atoms with E-state index in [-0.39, 0.29) is 0 Å². The van der Waals surface area contributed by atoms with Crippen LogP contribution in [0.2, 0.25) is 0 Å². The average Bonchev–Trinajstić information content (AvgIpc) is 3.07. The molecule has 8 rings (SSSR count). The summed E-state index contributed by atoms with van der Waals surface area (Å²) in [6, 6.07) is 57.9. The quantitative estimate of drug-likeness (QED) is 0.216. The van der Waals surface area contributed by atoms with E-state index in [4.69, 9.17) is 4.74 Å². The molecule has 0 bridgehead atoms. The summed E-state index contributed by atoms with van der Waals surface area (Å²) in [5.74, 6) is 1.79. The molecule has 7 aromatic rings. The number of fused-ring (bicyclic) bond motifs is 2. The van der Waals surface area contributed by atoms with Gasteiger partial charge in [-0.3, -0.25) is 0 Å². The molecule has 1 heterocycles. The summed E-state index contributed by atoms with van der Waals surface area (Å²) < 4.78 is 6.41. The number of hydrogen-bond acceptors (Lipinski definition) is 2. The van der Waals surface area contributed by atoms with Gasteiger partial charge in [-0.1, -0.05) is 121 Å². The second-order valence-corrected chi connectivity index (χ2v) is 10.6. The maximum Gasteiger partial charge on any atom is 0.136 e. The third-order valence-electron chi connectivity index (χ3n) is 8.08. The summed E-state index contributed by atoms with van der Waals surface area (Å²) in [6.45, 7) is 0. The van der Waals surface area contributed by atoms with Crippen molar-refractivity contribution in [1.29, 1.82) is 0 Å². The molecule has 2 nitrogen and oxygen atoms in total. The lowest BCUT2D eigenvalue weighted by Crippen LogP contribution is -2.11. The zero-order valence-corrected chi connectivity index (χ0v) is 22.9. The first kappa shape index (κ1) is 24.2. The van der Waals surface area contributed by atoms with E-state index < -0.39 is 0 Å². The van der Waals surface area contributed by atoms with Gasteiger partial charge < -0.3 is 9.64 Å². The number of ether oxygens (including phenoxy) is 1. The van der Waals surface area contributed by atoms with Gasteiger partial charge in [0.05, 0.1) is 5.69 Å². The average molecular weight is 538 g/mol. The smallest absolute Gasteiger partial charge is 0.136 e. The molecule has 1 aliphatic rings. The first-order valence-corrected chi connectivity index (χ1v) is 14.3. The molecule has 0 amide bonds. The Morgan fingerprint density at radius 2 is 0.881 bits per heavy atom. The van der Waals surface area contributed by atoms with Gasteiger partial charge in [0, 0.05) is 27.7 Å². The maximum atomic E-state index is 6.41. The van der Waals surface area contributed by atoms with Crippen LogP contribution in [0.4, 0.5) is 17.1 Å². The predicted molar refractivity (Wildman–Crippen MR) is 175 cm³/mol. The summed E-state index contributed by atoms with van der Waals surface area (Å²) in [5.41, 5.74) is 10.4. The van der Waals surface area contributed by atoms with E-state index in [9.17, 15) is 0 Å². The highest BCUT2D eigenvalue weighted by atomic mass is 16.5. The minimum absolute atomic E-state index is 0.891. The molecule has 0 saturated heterocycles. The zero-order chi connectivity index (χ0) is 27.9. The molecular weight excluding hydrogens is 510 g/mol. The number of hydrogen-bond donors (Lipinski definition) is 0. The van der Waals surface area contributed by atoms with Crippen LogP contribution >= 0.6 is 0 Å². The number of anilines is 3. The Morgan fingerprint density at radius 1 is 0.357 bits per heavy atom. The van der Waals surface area contributed by atoms with Crippen LogP contribution < -0.4 is 9.64 Å². The zero-order valence-electron chi connectivity index (χ0n) is 22.9. The van der Waals surface area contributed by atoms with Crippen LogP contribution in [0.1, 0.15) is 0 Å². The van der Waals surface area contributed by atoms with Crippen molar-refractivity contribution in [3.05, 3.63) is 164 Å². The van der Waals surface area contributed by atoms with Crippen LogP contribution in [0, 0.1) is 0 Å². The van der Waals surface area contributed by atoms with Gasteiger partial charge in [0.1, 0.15) is 11.5 Å². The van der Waals surface area contributed by atoms with Crippen LogP contribution in [0.15, 0.2) is 164 Å². The molecule has 0 N–H and O–H groups in total.